The molecule has 1 saturated heterocycles. The molecule has 140 valence electrons. The third-order valence-electron chi connectivity index (χ3n) is 4.24. The molecule has 5 nitrogen and oxygen atoms in total. The van der Waals surface area contributed by atoms with E-state index in [4.69, 9.17) is 0 Å². The van der Waals surface area contributed by atoms with Gasteiger partial charge in [0.2, 0.25) is 5.91 Å². The van der Waals surface area contributed by atoms with Gasteiger partial charge < -0.3 is 15.5 Å². The minimum atomic E-state index is 0. The summed E-state index contributed by atoms with van der Waals surface area (Å²) >= 11 is 1.83. The molecular weight excluding hydrogens is 447 g/mol. The van der Waals surface area contributed by atoms with Crippen LogP contribution >= 0.6 is 35.7 Å². The van der Waals surface area contributed by atoms with E-state index < -0.39 is 0 Å². The highest BCUT2D eigenvalue weighted by Gasteiger charge is 2.21. The number of guanidine groups is 1. The van der Waals surface area contributed by atoms with Gasteiger partial charge in [0, 0.05) is 43.5 Å². The number of benzene rings is 1. The molecule has 0 saturated carbocycles. The van der Waals surface area contributed by atoms with Crippen LogP contribution in [0.5, 0.6) is 0 Å². The standard InChI is InChI=1S/C18H28N4OS.HI/c1-18(2,24-4)13-21-17(19-3)20-12-14-7-9-15(10-8-14)22-11-5-6-16(22)23;/h7-10H,5-6,11-13H2,1-4H3,(H2,19,20,21);1H. The van der Waals surface area contributed by atoms with Crippen LogP contribution in [0.3, 0.4) is 0 Å². The third kappa shape index (κ3) is 6.69. The third-order valence-corrected chi connectivity index (χ3v) is 5.49. The molecule has 1 heterocycles. The van der Waals surface area contributed by atoms with E-state index in [0.29, 0.717) is 13.0 Å². The number of hydrogen-bond donors (Lipinski definition) is 2. The Morgan fingerprint density at radius 2 is 1.96 bits per heavy atom. The van der Waals surface area contributed by atoms with Crippen molar-refractivity contribution in [2.45, 2.75) is 38.0 Å². The van der Waals surface area contributed by atoms with Gasteiger partial charge in [-0.2, -0.15) is 11.8 Å². The van der Waals surface area contributed by atoms with Gasteiger partial charge in [-0.05, 0) is 44.2 Å². The van der Waals surface area contributed by atoms with Crippen LogP contribution in [-0.2, 0) is 11.3 Å². The van der Waals surface area contributed by atoms with Crippen molar-refractivity contribution < 1.29 is 4.79 Å². The number of rotatable bonds is 6. The Balaban J connectivity index is 0.00000312. The quantitative estimate of drug-likeness (QED) is 0.376. The molecule has 0 radical (unpaired) electrons. The number of aliphatic imine (C=N–C) groups is 1. The molecule has 25 heavy (non-hydrogen) atoms. The van der Waals surface area contributed by atoms with Crippen molar-refractivity contribution in [2.24, 2.45) is 4.99 Å². The van der Waals surface area contributed by atoms with Gasteiger partial charge >= 0.3 is 0 Å². The van der Waals surface area contributed by atoms with Gasteiger partial charge in [0.1, 0.15) is 0 Å². The lowest BCUT2D eigenvalue weighted by molar-refractivity contribution is -0.117. The van der Waals surface area contributed by atoms with Crippen LogP contribution < -0.4 is 15.5 Å². The Bertz CT molecular complexity index is 589. The summed E-state index contributed by atoms with van der Waals surface area (Å²) in [6.45, 7) is 6.79. The lowest BCUT2D eigenvalue weighted by Crippen LogP contribution is -2.42. The Morgan fingerprint density at radius 3 is 2.48 bits per heavy atom. The van der Waals surface area contributed by atoms with Gasteiger partial charge in [-0.1, -0.05) is 12.1 Å². The predicted octanol–water partition coefficient (Wildman–Crippen LogP) is 3.24. The predicted molar refractivity (Wildman–Crippen MR) is 119 cm³/mol. The number of carbonyl (C=O) groups excluding carboxylic acids is 1. The van der Waals surface area contributed by atoms with E-state index in [9.17, 15) is 4.79 Å². The monoisotopic (exact) mass is 476 g/mol. The van der Waals surface area contributed by atoms with Gasteiger partial charge in [0.25, 0.3) is 0 Å². The number of amides is 1. The van der Waals surface area contributed by atoms with Crippen molar-refractivity contribution >= 4 is 53.3 Å². The van der Waals surface area contributed by atoms with Crippen molar-refractivity contribution in [2.75, 3.05) is 31.3 Å². The highest BCUT2D eigenvalue weighted by molar-refractivity contribution is 14.0. The summed E-state index contributed by atoms with van der Waals surface area (Å²) < 4.78 is 0.168. The average molecular weight is 476 g/mol. The summed E-state index contributed by atoms with van der Waals surface area (Å²) in [5, 5.41) is 6.69. The number of nitrogens with one attached hydrogen (secondary N) is 2. The maximum Gasteiger partial charge on any atom is 0.227 e. The smallest absolute Gasteiger partial charge is 0.227 e. The number of halogens is 1. The Kier molecular flexibility index (Phi) is 9.06. The normalized spacial score (nSPS) is 15.1. The molecule has 0 aliphatic carbocycles. The summed E-state index contributed by atoms with van der Waals surface area (Å²) in [7, 11) is 1.78. The largest absolute Gasteiger partial charge is 0.355 e. The van der Waals surface area contributed by atoms with E-state index in [0.717, 1.165) is 36.7 Å². The maximum atomic E-state index is 11.8. The van der Waals surface area contributed by atoms with Crippen LogP contribution in [-0.4, -0.2) is 43.0 Å². The van der Waals surface area contributed by atoms with E-state index >= 15 is 0 Å². The summed E-state index contributed by atoms with van der Waals surface area (Å²) in [5.74, 6) is 1.03. The zero-order chi connectivity index (χ0) is 17.6. The minimum absolute atomic E-state index is 0. The molecule has 0 spiro atoms. The molecule has 1 aromatic rings. The SMILES string of the molecule is CN=C(NCc1ccc(N2CCCC2=O)cc1)NCC(C)(C)SC.I. The molecule has 1 aliphatic heterocycles. The average Bonchev–Trinajstić information content (AvgIpc) is 3.01. The Hall–Kier alpha value is -0.960. The van der Waals surface area contributed by atoms with E-state index in [2.05, 4.69) is 47.9 Å². The second kappa shape index (κ2) is 10.3. The number of carbonyl (C=O) groups is 1. The molecule has 2 rings (SSSR count). The Labute approximate surface area is 172 Å². The minimum Gasteiger partial charge on any atom is -0.355 e. The van der Waals surface area contributed by atoms with Crippen LogP contribution in [0, 0.1) is 0 Å². The van der Waals surface area contributed by atoms with E-state index in [-0.39, 0.29) is 34.6 Å². The fourth-order valence-electron chi connectivity index (χ4n) is 2.49. The van der Waals surface area contributed by atoms with Crippen LogP contribution in [0.25, 0.3) is 0 Å². The second-order valence-corrected chi connectivity index (χ2v) is 8.07. The first-order valence-electron chi connectivity index (χ1n) is 8.34. The van der Waals surface area contributed by atoms with Gasteiger partial charge in [-0.3, -0.25) is 9.79 Å². The first-order chi connectivity index (χ1) is 11.4. The maximum absolute atomic E-state index is 11.8. The number of nitrogens with zero attached hydrogens (tertiary/aromatic N) is 2. The molecule has 0 bridgehead atoms. The van der Waals surface area contributed by atoms with Crippen LogP contribution in [0.4, 0.5) is 5.69 Å². The molecule has 0 unspecified atom stereocenters. The van der Waals surface area contributed by atoms with Crippen molar-refractivity contribution in [1.82, 2.24) is 10.6 Å². The van der Waals surface area contributed by atoms with Gasteiger partial charge in [0.05, 0.1) is 0 Å². The molecular formula is C18H29IN4OS. The van der Waals surface area contributed by atoms with Crippen LogP contribution in [0.2, 0.25) is 0 Å². The number of thioether (sulfide) groups is 1. The van der Waals surface area contributed by atoms with E-state index in [1.54, 1.807) is 7.05 Å². The topological polar surface area (TPSA) is 56.7 Å². The second-order valence-electron chi connectivity index (χ2n) is 6.56. The molecule has 0 aromatic heterocycles. The Morgan fingerprint density at radius 1 is 1.28 bits per heavy atom. The number of hydrogen-bond acceptors (Lipinski definition) is 3. The summed E-state index contributed by atoms with van der Waals surface area (Å²) in [6, 6.07) is 8.17. The highest BCUT2D eigenvalue weighted by Crippen LogP contribution is 2.21. The molecule has 1 amide bonds. The van der Waals surface area contributed by atoms with Crippen LogP contribution in [0.1, 0.15) is 32.3 Å². The highest BCUT2D eigenvalue weighted by atomic mass is 127. The van der Waals surface area contributed by atoms with E-state index in [1.165, 1.54) is 0 Å². The summed E-state index contributed by atoms with van der Waals surface area (Å²) in [4.78, 5) is 17.9. The van der Waals surface area contributed by atoms with Crippen LogP contribution in [0.15, 0.2) is 29.3 Å². The molecule has 1 aromatic carbocycles. The lowest BCUT2D eigenvalue weighted by atomic mass is 10.2. The van der Waals surface area contributed by atoms with Crippen molar-refractivity contribution in [1.29, 1.82) is 0 Å². The zero-order valence-electron chi connectivity index (χ0n) is 15.5. The molecule has 2 N–H and O–H groups in total. The molecule has 7 heteroatoms. The lowest BCUT2D eigenvalue weighted by Gasteiger charge is -2.23. The zero-order valence-corrected chi connectivity index (χ0v) is 18.6. The molecule has 0 atom stereocenters. The fraction of sp³-hybridized carbons (Fsp3) is 0.556. The number of anilines is 1. The van der Waals surface area contributed by atoms with Gasteiger partial charge in [-0.15, -0.1) is 24.0 Å². The van der Waals surface area contributed by atoms with Crippen molar-refractivity contribution in [3.8, 4) is 0 Å². The van der Waals surface area contributed by atoms with Crippen molar-refractivity contribution in [3.63, 3.8) is 0 Å². The van der Waals surface area contributed by atoms with Crippen molar-refractivity contribution in [3.05, 3.63) is 29.8 Å². The summed E-state index contributed by atoms with van der Waals surface area (Å²) in [6.07, 6.45) is 3.73. The molecule has 1 aliphatic rings. The van der Waals surface area contributed by atoms with Gasteiger partial charge in [0.15, 0.2) is 5.96 Å². The van der Waals surface area contributed by atoms with E-state index in [1.807, 2.05) is 28.8 Å². The molecule has 1 fully saturated rings. The first kappa shape index (κ1) is 22.1. The van der Waals surface area contributed by atoms with Gasteiger partial charge in [-0.25, -0.2) is 0 Å². The first-order valence-corrected chi connectivity index (χ1v) is 9.56. The summed E-state index contributed by atoms with van der Waals surface area (Å²) in [5.41, 5.74) is 2.16. The fourth-order valence-corrected chi connectivity index (χ4v) is 2.71.